The lowest BCUT2D eigenvalue weighted by Gasteiger charge is -2.29. The van der Waals surface area contributed by atoms with Crippen LogP contribution in [-0.2, 0) is 19.1 Å². The molecule has 0 radical (unpaired) electrons. The number of carboxylic acids is 1. The Hall–Kier alpha value is -1.65. The van der Waals surface area contributed by atoms with Crippen molar-refractivity contribution in [2.75, 3.05) is 0 Å². The lowest BCUT2D eigenvalue weighted by atomic mass is 9.86. The van der Waals surface area contributed by atoms with Gasteiger partial charge in [0.25, 0.3) is 0 Å². The number of carbonyl (C=O) groups excluding carboxylic acids is 2. The van der Waals surface area contributed by atoms with E-state index in [9.17, 15) is 14.4 Å². The summed E-state index contributed by atoms with van der Waals surface area (Å²) in [5.41, 5.74) is -1.51. The van der Waals surface area contributed by atoms with Crippen LogP contribution in [-0.4, -0.2) is 28.4 Å². The highest BCUT2D eigenvalue weighted by atomic mass is 16.6. The fourth-order valence-electron chi connectivity index (χ4n) is 1.35. The quantitative estimate of drug-likeness (QED) is 0.415. The molecule has 5 nitrogen and oxygen atoms in total. The van der Waals surface area contributed by atoms with Crippen LogP contribution < -0.4 is 0 Å². The average Bonchev–Trinajstić information content (AvgIpc) is 2.00. The Morgan fingerprint density at radius 2 is 1.87 bits per heavy atom. The van der Waals surface area contributed by atoms with Crippen LogP contribution in [0.3, 0.4) is 0 Å². The van der Waals surface area contributed by atoms with E-state index in [0.717, 1.165) is 19.9 Å². The summed E-state index contributed by atoms with van der Waals surface area (Å²) in [4.78, 5) is 32.8. The van der Waals surface area contributed by atoms with Crippen LogP contribution in [0.1, 0.15) is 20.8 Å². The van der Waals surface area contributed by atoms with Crippen LogP contribution in [0.25, 0.3) is 0 Å². The van der Waals surface area contributed by atoms with Crippen LogP contribution in [0.2, 0.25) is 0 Å². The second-order valence-electron chi connectivity index (χ2n) is 3.36. The molecule has 0 bridgehead atoms. The molecule has 0 rings (SSSR count). The van der Waals surface area contributed by atoms with E-state index in [4.69, 9.17) is 9.84 Å². The van der Waals surface area contributed by atoms with Gasteiger partial charge in [0.1, 0.15) is 11.4 Å². The molecule has 0 aromatic rings. The smallest absolute Gasteiger partial charge is 0.318 e. The van der Waals surface area contributed by atoms with Crippen LogP contribution in [0.5, 0.6) is 0 Å². The Kier molecular flexibility index (Phi) is 4.21. The van der Waals surface area contributed by atoms with Crippen LogP contribution in [0, 0.1) is 5.92 Å². The van der Waals surface area contributed by atoms with Crippen molar-refractivity contribution in [2.45, 2.75) is 26.4 Å². The molecule has 0 aromatic carbocycles. The van der Waals surface area contributed by atoms with Gasteiger partial charge in [0.2, 0.25) is 0 Å². The van der Waals surface area contributed by atoms with Crippen molar-refractivity contribution < 1.29 is 24.2 Å². The van der Waals surface area contributed by atoms with Crippen molar-refractivity contribution in [3.63, 3.8) is 0 Å². The van der Waals surface area contributed by atoms with Gasteiger partial charge in [-0.1, -0.05) is 6.58 Å². The number of esters is 1. The number of carbonyl (C=O) groups is 3. The number of Topliss-reactive ketones (excluding diaryl/α,β-unsaturated/α-hetero) is 1. The van der Waals surface area contributed by atoms with Gasteiger partial charge < -0.3 is 9.84 Å². The summed E-state index contributed by atoms with van der Waals surface area (Å²) in [7, 11) is 0. The summed E-state index contributed by atoms with van der Waals surface area (Å²) in [6.45, 7) is 6.98. The zero-order valence-electron chi connectivity index (χ0n) is 8.94. The molecule has 0 saturated heterocycles. The van der Waals surface area contributed by atoms with Crippen molar-refractivity contribution in [2.24, 2.45) is 5.92 Å². The number of aliphatic carboxylic acids is 1. The van der Waals surface area contributed by atoms with E-state index in [0.29, 0.717) is 0 Å². The minimum Gasteiger partial charge on any atom is -0.481 e. The molecule has 0 aliphatic rings. The SMILES string of the molecule is C=CC(C)(OC(C)=O)C(C(C)=O)C(=O)O. The molecule has 0 heterocycles. The van der Waals surface area contributed by atoms with Crippen LogP contribution in [0.15, 0.2) is 12.7 Å². The van der Waals surface area contributed by atoms with Crippen molar-refractivity contribution >= 4 is 17.7 Å². The highest BCUT2D eigenvalue weighted by Gasteiger charge is 2.43. The van der Waals surface area contributed by atoms with Gasteiger partial charge in [-0.15, -0.1) is 0 Å². The molecule has 84 valence electrons. The fourth-order valence-corrected chi connectivity index (χ4v) is 1.35. The molecule has 0 aliphatic heterocycles. The first kappa shape index (κ1) is 13.4. The maximum Gasteiger partial charge on any atom is 0.318 e. The summed E-state index contributed by atoms with van der Waals surface area (Å²) in [5, 5.41) is 8.86. The Morgan fingerprint density at radius 3 is 2.07 bits per heavy atom. The Morgan fingerprint density at radius 1 is 1.40 bits per heavy atom. The molecule has 0 aromatic heterocycles. The number of hydrogen-bond acceptors (Lipinski definition) is 4. The molecule has 1 N–H and O–H groups in total. The molecule has 0 amide bonds. The van der Waals surface area contributed by atoms with Gasteiger partial charge in [0, 0.05) is 6.92 Å². The van der Waals surface area contributed by atoms with E-state index in [1.54, 1.807) is 0 Å². The molecule has 5 heteroatoms. The van der Waals surface area contributed by atoms with E-state index in [2.05, 4.69) is 6.58 Å². The van der Waals surface area contributed by atoms with E-state index >= 15 is 0 Å². The minimum atomic E-state index is -1.51. The van der Waals surface area contributed by atoms with Gasteiger partial charge in [-0.2, -0.15) is 0 Å². The second kappa shape index (κ2) is 4.72. The largest absolute Gasteiger partial charge is 0.481 e. The van der Waals surface area contributed by atoms with Gasteiger partial charge in [-0.3, -0.25) is 14.4 Å². The third-order valence-corrected chi connectivity index (χ3v) is 2.00. The highest BCUT2D eigenvalue weighted by molar-refractivity contribution is 5.98. The molecule has 0 aliphatic carbocycles. The van der Waals surface area contributed by atoms with Crippen molar-refractivity contribution in [1.82, 2.24) is 0 Å². The maximum absolute atomic E-state index is 11.2. The van der Waals surface area contributed by atoms with E-state index < -0.39 is 29.2 Å². The molecular weight excluding hydrogens is 200 g/mol. The summed E-state index contributed by atoms with van der Waals surface area (Å²) < 4.78 is 4.81. The number of hydrogen-bond donors (Lipinski definition) is 1. The maximum atomic E-state index is 11.2. The number of rotatable bonds is 5. The topological polar surface area (TPSA) is 80.7 Å². The van der Waals surface area contributed by atoms with E-state index in [1.807, 2.05) is 0 Å². The monoisotopic (exact) mass is 214 g/mol. The lowest BCUT2D eigenvalue weighted by Crippen LogP contribution is -2.45. The summed E-state index contributed by atoms with van der Waals surface area (Å²) >= 11 is 0. The second-order valence-corrected chi connectivity index (χ2v) is 3.36. The molecule has 0 spiro atoms. The Balaban J connectivity index is 5.20. The predicted octanol–water partition coefficient (Wildman–Crippen LogP) is 0.784. The molecule has 2 unspecified atom stereocenters. The standard InChI is InChI=1S/C10H14O5/c1-5-10(4,15-7(3)12)8(6(2)11)9(13)14/h5,8H,1H2,2-4H3,(H,13,14). The van der Waals surface area contributed by atoms with Crippen molar-refractivity contribution in [3.8, 4) is 0 Å². The van der Waals surface area contributed by atoms with Gasteiger partial charge in [0.15, 0.2) is 5.92 Å². The van der Waals surface area contributed by atoms with E-state index in [-0.39, 0.29) is 0 Å². The number of ketones is 1. The number of ether oxygens (including phenoxy) is 1. The summed E-state index contributed by atoms with van der Waals surface area (Å²) in [5.74, 6) is -4.03. The molecular formula is C10H14O5. The van der Waals surface area contributed by atoms with Gasteiger partial charge in [-0.05, 0) is 19.9 Å². The van der Waals surface area contributed by atoms with Crippen molar-refractivity contribution in [1.29, 1.82) is 0 Å². The molecule has 0 fully saturated rings. The molecule has 15 heavy (non-hydrogen) atoms. The minimum absolute atomic E-state index is 0.592. The van der Waals surface area contributed by atoms with Gasteiger partial charge >= 0.3 is 11.9 Å². The molecule has 0 saturated carbocycles. The third kappa shape index (κ3) is 3.19. The lowest BCUT2D eigenvalue weighted by molar-refractivity contribution is -0.165. The zero-order chi connectivity index (χ0) is 12.2. The van der Waals surface area contributed by atoms with E-state index in [1.165, 1.54) is 6.92 Å². The first-order chi connectivity index (χ1) is 6.74. The van der Waals surface area contributed by atoms with Gasteiger partial charge in [-0.25, -0.2) is 0 Å². The summed E-state index contributed by atoms with van der Waals surface area (Å²) in [6, 6.07) is 0. The summed E-state index contributed by atoms with van der Waals surface area (Å²) in [6.07, 6.45) is 1.15. The predicted molar refractivity (Wildman–Crippen MR) is 52.2 cm³/mol. The first-order valence-electron chi connectivity index (χ1n) is 4.31. The average molecular weight is 214 g/mol. The van der Waals surface area contributed by atoms with Gasteiger partial charge in [0.05, 0.1) is 0 Å². The third-order valence-electron chi connectivity index (χ3n) is 2.00. The first-order valence-corrected chi connectivity index (χ1v) is 4.31. The fraction of sp³-hybridized carbons (Fsp3) is 0.500. The zero-order valence-corrected chi connectivity index (χ0v) is 8.94. The normalized spacial score (nSPS) is 15.9. The highest BCUT2D eigenvalue weighted by Crippen LogP contribution is 2.25. The van der Waals surface area contributed by atoms with Crippen molar-refractivity contribution in [3.05, 3.63) is 12.7 Å². The Labute approximate surface area is 87.7 Å². The van der Waals surface area contributed by atoms with Crippen LogP contribution in [0.4, 0.5) is 0 Å². The molecule has 2 atom stereocenters. The van der Waals surface area contributed by atoms with Crippen LogP contribution >= 0.6 is 0 Å². The Bertz CT molecular complexity index is 293. The number of carboxylic acid groups (broad SMARTS) is 1.